The normalized spacial score (nSPS) is 10.9. The third kappa shape index (κ3) is 8.04. The van der Waals surface area contributed by atoms with Crippen LogP contribution in [0, 0.1) is 5.92 Å². The van der Waals surface area contributed by atoms with Crippen LogP contribution in [0.3, 0.4) is 0 Å². The van der Waals surface area contributed by atoms with Crippen molar-refractivity contribution < 1.29 is 23.8 Å². The van der Waals surface area contributed by atoms with Crippen molar-refractivity contribution in [2.45, 2.75) is 20.3 Å². The van der Waals surface area contributed by atoms with Gasteiger partial charge < -0.3 is 19.5 Å². The number of esters is 1. The predicted octanol–water partition coefficient (Wildman–Crippen LogP) is 7.30. The smallest absolute Gasteiger partial charge is 0.336 e. The van der Waals surface area contributed by atoms with E-state index in [-0.39, 0.29) is 5.91 Å². The van der Waals surface area contributed by atoms with Crippen LogP contribution >= 0.6 is 23.2 Å². The molecule has 0 atom stereocenters. The molecule has 0 heterocycles. The number of benzene rings is 3. The van der Waals surface area contributed by atoms with Crippen LogP contribution in [0.2, 0.25) is 10.0 Å². The second kappa shape index (κ2) is 13.0. The van der Waals surface area contributed by atoms with E-state index in [0.717, 1.165) is 12.0 Å². The monoisotopic (exact) mass is 527 g/mol. The second-order valence-corrected chi connectivity index (χ2v) is 9.14. The Bertz CT molecular complexity index is 1240. The summed E-state index contributed by atoms with van der Waals surface area (Å²) in [5.41, 5.74) is 1.53. The SMILES string of the molecule is COc1cc(/C=C/C(=O)Oc2ccc(C(=O)Nc3cc(Cl)ccc3Cl)cc2)ccc1OCCC(C)C. The first kappa shape index (κ1) is 27.1. The average molecular weight is 528 g/mol. The van der Waals surface area contributed by atoms with E-state index < -0.39 is 5.97 Å². The molecule has 0 unspecified atom stereocenters. The number of hydrogen-bond donors (Lipinski definition) is 1. The Morgan fingerprint density at radius 3 is 2.42 bits per heavy atom. The molecule has 3 rings (SSSR count). The minimum absolute atomic E-state index is 0.300. The van der Waals surface area contributed by atoms with Crippen LogP contribution in [-0.2, 0) is 4.79 Å². The van der Waals surface area contributed by atoms with E-state index in [4.69, 9.17) is 37.4 Å². The number of ether oxygens (including phenoxy) is 3. The third-order valence-electron chi connectivity index (χ3n) is 5.06. The van der Waals surface area contributed by atoms with Crippen molar-refractivity contribution in [3.8, 4) is 17.2 Å². The van der Waals surface area contributed by atoms with Gasteiger partial charge in [0.05, 0.1) is 24.4 Å². The van der Waals surface area contributed by atoms with Gasteiger partial charge in [0.2, 0.25) is 0 Å². The van der Waals surface area contributed by atoms with Gasteiger partial charge >= 0.3 is 5.97 Å². The van der Waals surface area contributed by atoms with Crippen molar-refractivity contribution in [1.29, 1.82) is 0 Å². The fourth-order valence-corrected chi connectivity index (χ4v) is 3.43. The highest BCUT2D eigenvalue weighted by atomic mass is 35.5. The summed E-state index contributed by atoms with van der Waals surface area (Å²) < 4.78 is 16.5. The van der Waals surface area contributed by atoms with Crippen LogP contribution in [0.1, 0.15) is 36.2 Å². The van der Waals surface area contributed by atoms with E-state index in [2.05, 4.69) is 19.2 Å². The largest absolute Gasteiger partial charge is 0.493 e. The molecule has 6 nitrogen and oxygen atoms in total. The molecule has 0 aliphatic carbocycles. The lowest BCUT2D eigenvalue weighted by atomic mass is 10.1. The fraction of sp³-hybridized carbons (Fsp3) is 0.214. The standard InChI is InChI=1S/C28H27Cl2NO5/c1-18(2)14-15-35-25-12-4-19(16-26(25)34-3)5-13-27(32)36-22-9-6-20(7-10-22)28(33)31-24-17-21(29)8-11-23(24)30/h4-13,16-18H,14-15H2,1-3H3,(H,31,33)/b13-5+. The number of methoxy groups -OCH3 is 1. The number of rotatable bonds is 10. The molecule has 36 heavy (non-hydrogen) atoms. The lowest BCUT2D eigenvalue weighted by Crippen LogP contribution is -2.12. The molecule has 0 fully saturated rings. The number of nitrogens with one attached hydrogen (secondary N) is 1. The van der Waals surface area contributed by atoms with Gasteiger partial charge in [-0.1, -0.05) is 43.1 Å². The molecule has 8 heteroatoms. The number of carbonyl (C=O) groups is 2. The van der Waals surface area contributed by atoms with Gasteiger partial charge in [0.1, 0.15) is 5.75 Å². The summed E-state index contributed by atoms with van der Waals surface area (Å²) in [7, 11) is 1.57. The van der Waals surface area contributed by atoms with E-state index in [1.165, 1.54) is 18.2 Å². The van der Waals surface area contributed by atoms with Gasteiger partial charge in [-0.15, -0.1) is 0 Å². The Morgan fingerprint density at radius 1 is 0.972 bits per heavy atom. The number of anilines is 1. The lowest BCUT2D eigenvalue weighted by molar-refractivity contribution is -0.128. The highest BCUT2D eigenvalue weighted by Crippen LogP contribution is 2.29. The van der Waals surface area contributed by atoms with Crippen LogP contribution in [0.25, 0.3) is 6.08 Å². The maximum atomic E-state index is 12.5. The zero-order valence-electron chi connectivity index (χ0n) is 20.2. The van der Waals surface area contributed by atoms with Crippen LogP contribution in [0.5, 0.6) is 17.2 Å². The number of carbonyl (C=O) groups excluding carboxylic acids is 2. The average Bonchev–Trinajstić information content (AvgIpc) is 2.85. The van der Waals surface area contributed by atoms with Gasteiger partial charge in [0.15, 0.2) is 11.5 Å². The van der Waals surface area contributed by atoms with Crippen LogP contribution in [-0.4, -0.2) is 25.6 Å². The molecule has 1 amide bonds. The molecule has 188 valence electrons. The molecular weight excluding hydrogens is 501 g/mol. The Hall–Kier alpha value is -3.48. The molecule has 0 bridgehead atoms. The third-order valence-corrected chi connectivity index (χ3v) is 5.63. The molecule has 0 radical (unpaired) electrons. The lowest BCUT2D eigenvalue weighted by Gasteiger charge is -2.12. The summed E-state index contributed by atoms with van der Waals surface area (Å²) in [6.07, 6.45) is 3.88. The summed E-state index contributed by atoms with van der Waals surface area (Å²) >= 11 is 12.0. The zero-order valence-corrected chi connectivity index (χ0v) is 21.7. The van der Waals surface area contributed by atoms with Gasteiger partial charge in [0.25, 0.3) is 5.91 Å². The van der Waals surface area contributed by atoms with Crippen LogP contribution in [0.15, 0.2) is 66.7 Å². The highest BCUT2D eigenvalue weighted by Gasteiger charge is 2.11. The van der Waals surface area contributed by atoms with Crippen molar-refractivity contribution in [2.75, 3.05) is 19.0 Å². The maximum Gasteiger partial charge on any atom is 0.336 e. The minimum Gasteiger partial charge on any atom is -0.493 e. The van der Waals surface area contributed by atoms with Gasteiger partial charge in [-0.2, -0.15) is 0 Å². The molecule has 0 saturated heterocycles. The van der Waals surface area contributed by atoms with Crippen LogP contribution < -0.4 is 19.5 Å². The number of halogens is 2. The summed E-state index contributed by atoms with van der Waals surface area (Å²) in [6.45, 7) is 4.87. The van der Waals surface area contributed by atoms with Crippen LogP contribution in [0.4, 0.5) is 5.69 Å². The van der Waals surface area contributed by atoms with Crippen molar-refractivity contribution in [3.63, 3.8) is 0 Å². The summed E-state index contributed by atoms with van der Waals surface area (Å²) in [4.78, 5) is 24.8. The molecule has 0 aliphatic heterocycles. The summed E-state index contributed by atoms with van der Waals surface area (Å²) in [5, 5.41) is 3.53. The molecule has 0 saturated carbocycles. The topological polar surface area (TPSA) is 73.9 Å². The van der Waals surface area contributed by atoms with E-state index in [0.29, 0.717) is 51.1 Å². The van der Waals surface area contributed by atoms with Gasteiger partial charge in [-0.3, -0.25) is 4.79 Å². The first-order valence-corrected chi connectivity index (χ1v) is 12.1. The Labute approximate surface area is 220 Å². The molecular formula is C28H27Cl2NO5. The van der Waals surface area contributed by atoms with Gasteiger partial charge in [-0.25, -0.2) is 4.79 Å². The van der Waals surface area contributed by atoms with Gasteiger partial charge in [0, 0.05) is 16.7 Å². The van der Waals surface area contributed by atoms with E-state index in [9.17, 15) is 9.59 Å². The maximum absolute atomic E-state index is 12.5. The molecule has 0 aromatic heterocycles. The highest BCUT2D eigenvalue weighted by molar-refractivity contribution is 6.35. The quantitative estimate of drug-likeness (QED) is 0.170. The van der Waals surface area contributed by atoms with Crippen molar-refractivity contribution in [3.05, 3.63) is 87.9 Å². The fourth-order valence-electron chi connectivity index (χ4n) is 3.09. The Balaban J connectivity index is 1.57. The Morgan fingerprint density at radius 2 is 1.72 bits per heavy atom. The van der Waals surface area contributed by atoms with Crippen molar-refractivity contribution >= 4 is 46.8 Å². The summed E-state index contributed by atoms with van der Waals surface area (Å²) in [6, 6.07) is 16.4. The first-order chi connectivity index (χ1) is 17.2. The molecule has 0 aliphatic rings. The van der Waals surface area contributed by atoms with Crippen molar-refractivity contribution in [1.82, 2.24) is 0 Å². The number of amides is 1. The van der Waals surface area contributed by atoms with E-state index in [1.54, 1.807) is 49.6 Å². The first-order valence-electron chi connectivity index (χ1n) is 11.3. The Kier molecular flexibility index (Phi) is 9.79. The minimum atomic E-state index is -0.561. The number of hydrogen-bond acceptors (Lipinski definition) is 5. The summed E-state index contributed by atoms with van der Waals surface area (Å²) in [5.74, 6) is 1.15. The van der Waals surface area contributed by atoms with E-state index in [1.807, 2.05) is 12.1 Å². The zero-order chi connectivity index (χ0) is 26.1. The molecule has 3 aromatic carbocycles. The molecule has 0 spiro atoms. The van der Waals surface area contributed by atoms with Crippen molar-refractivity contribution in [2.24, 2.45) is 5.92 Å². The molecule has 1 N–H and O–H groups in total. The predicted molar refractivity (Wildman–Crippen MR) is 143 cm³/mol. The second-order valence-electron chi connectivity index (χ2n) is 8.30. The molecule has 3 aromatic rings. The van der Waals surface area contributed by atoms with E-state index >= 15 is 0 Å². The van der Waals surface area contributed by atoms with Gasteiger partial charge in [-0.05, 0) is 78.6 Å².